The van der Waals surface area contributed by atoms with Crippen LogP contribution >= 0.6 is 0 Å². The molecule has 6 heteroatoms. The number of hydrogen-bond acceptors (Lipinski definition) is 3. The number of rotatable bonds is 3. The van der Waals surface area contributed by atoms with Gasteiger partial charge in [0.1, 0.15) is 0 Å². The second-order valence-electron chi connectivity index (χ2n) is 5.70. The lowest BCUT2D eigenvalue weighted by Crippen LogP contribution is -2.52. The van der Waals surface area contributed by atoms with E-state index in [1.165, 1.54) is 6.92 Å². The van der Waals surface area contributed by atoms with Crippen LogP contribution in [0.5, 0.6) is 0 Å². The summed E-state index contributed by atoms with van der Waals surface area (Å²) in [4.78, 5) is 12.4. The third kappa shape index (κ3) is 2.33. The third-order valence-corrected chi connectivity index (χ3v) is 4.05. The molecular formula is C15H16F2N2O2. The Morgan fingerprint density at radius 1 is 1.43 bits per heavy atom. The summed E-state index contributed by atoms with van der Waals surface area (Å²) in [6, 6.07) is 9.46. The Kier molecular flexibility index (Phi) is 3.28. The molecule has 3 rings (SSSR count). The third-order valence-electron chi connectivity index (χ3n) is 4.05. The quantitative estimate of drug-likeness (QED) is 0.930. The van der Waals surface area contributed by atoms with Crippen LogP contribution in [0.15, 0.2) is 35.4 Å². The molecule has 1 fully saturated rings. The number of alkyl halides is 2. The average Bonchev–Trinajstić information content (AvgIpc) is 3.19. The molecule has 0 spiro atoms. The molecule has 1 aliphatic carbocycles. The van der Waals surface area contributed by atoms with E-state index in [0.29, 0.717) is 17.1 Å². The second kappa shape index (κ2) is 4.87. The van der Waals surface area contributed by atoms with Crippen molar-refractivity contribution in [1.29, 1.82) is 0 Å². The fourth-order valence-corrected chi connectivity index (χ4v) is 2.85. The van der Waals surface area contributed by atoms with Crippen molar-refractivity contribution in [2.75, 3.05) is 0 Å². The van der Waals surface area contributed by atoms with Gasteiger partial charge in [-0.25, -0.2) is 8.78 Å². The van der Waals surface area contributed by atoms with Crippen molar-refractivity contribution < 1.29 is 18.7 Å². The number of carbonyl (C=O) groups excluding carboxylic acids is 1. The van der Waals surface area contributed by atoms with E-state index >= 15 is 0 Å². The maximum Gasteiger partial charge on any atom is 0.287 e. The standard InChI is InChI=1S/C15H16F2N2O2/c1-9-8-15(21,14(16)17)19(18-9)13(20)12-7-11(12)10-5-3-2-4-6-10/h2-6,11-12,14,21H,7-8H2,1H3. The minimum atomic E-state index is -3.04. The predicted molar refractivity (Wildman–Crippen MR) is 72.8 cm³/mol. The van der Waals surface area contributed by atoms with E-state index in [1.807, 2.05) is 30.3 Å². The summed E-state index contributed by atoms with van der Waals surface area (Å²) in [5.74, 6) is -0.882. The number of nitrogens with zero attached hydrogens (tertiary/aromatic N) is 2. The molecule has 1 aromatic carbocycles. The van der Waals surface area contributed by atoms with Gasteiger partial charge in [0.25, 0.3) is 6.43 Å². The molecule has 3 unspecified atom stereocenters. The topological polar surface area (TPSA) is 52.9 Å². The summed E-state index contributed by atoms with van der Waals surface area (Å²) in [5.41, 5.74) is -1.15. The van der Waals surface area contributed by atoms with Gasteiger partial charge in [-0.15, -0.1) is 0 Å². The second-order valence-corrected chi connectivity index (χ2v) is 5.70. The Morgan fingerprint density at radius 3 is 2.71 bits per heavy atom. The summed E-state index contributed by atoms with van der Waals surface area (Å²) in [7, 11) is 0. The molecule has 0 bridgehead atoms. The van der Waals surface area contributed by atoms with Crippen molar-refractivity contribution in [3.63, 3.8) is 0 Å². The van der Waals surface area contributed by atoms with Crippen LogP contribution in [0.1, 0.15) is 31.2 Å². The van der Waals surface area contributed by atoms with E-state index in [-0.39, 0.29) is 18.3 Å². The van der Waals surface area contributed by atoms with E-state index in [2.05, 4.69) is 5.10 Å². The number of halogens is 2. The van der Waals surface area contributed by atoms with E-state index in [1.54, 1.807) is 0 Å². The zero-order valence-corrected chi connectivity index (χ0v) is 11.5. The Labute approximate surface area is 121 Å². The van der Waals surface area contributed by atoms with Crippen LogP contribution in [0.25, 0.3) is 0 Å². The SMILES string of the molecule is CC1=NN(C(=O)C2CC2c2ccccc2)C(O)(C(F)F)C1. The highest BCUT2D eigenvalue weighted by molar-refractivity contribution is 5.91. The van der Waals surface area contributed by atoms with E-state index in [4.69, 9.17) is 0 Å². The molecule has 0 saturated heterocycles. The molecule has 0 aromatic heterocycles. The van der Waals surface area contributed by atoms with Crippen LogP contribution in [-0.4, -0.2) is 33.9 Å². The summed E-state index contributed by atoms with van der Waals surface area (Å²) in [6.45, 7) is 1.53. The first-order valence-corrected chi connectivity index (χ1v) is 6.87. The molecule has 1 amide bonds. The lowest BCUT2D eigenvalue weighted by molar-refractivity contribution is -0.193. The Morgan fingerprint density at radius 2 is 2.10 bits per heavy atom. The van der Waals surface area contributed by atoms with Crippen molar-refractivity contribution in [2.24, 2.45) is 11.0 Å². The first-order valence-electron chi connectivity index (χ1n) is 6.87. The van der Waals surface area contributed by atoms with Gasteiger partial charge in [0.2, 0.25) is 11.6 Å². The van der Waals surface area contributed by atoms with Crippen molar-refractivity contribution in [2.45, 2.75) is 37.8 Å². The van der Waals surface area contributed by atoms with Gasteiger partial charge in [-0.3, -0.25) is 4.79 Å². The zero-order chi connectivity index (χ0) is 15.2. The van der Waals surface area contributed by atoms with Crippen molar-refractivity contribution >= 4 is 11.6 Å². The van der Waals surface area contributed by atoms with Crippen LogP contribution in [-0.2, 0) is 4.79 Å². The van der Waals surface area contributed by atoms with Gasteiger partial charge in [-0.1, -0.05) is 30.3 Å². The highest BCUT2D eigenvalue weighted by Gasteiger charge is 2.56. The molecule has 112 valence electrons. The average molecular weight is 294 g/mol. The normalized spacial score (nSPS) is 31.5. The molecular weight excluding hydrogens is 278 g/mol. The zero-order valence-electron chi connectivity index (χ0n) is 11.5. The fraction of sp³-hybridized carbons (Fsp3) is 0.467. The van der Waals surface area contributed by atoms with E-state index < -0.39 is 18.1 Å². The molecule has 3 atom stereocenters. The van der Waals surface area contributed by atoms with Crippen LogP contribution in [0.3, 0.4) is 0 Å². The largest absolute Gasteiger partial charge is 0.364 e. The molecule has 1 aromatic rings. The Hall–Kier alpha value is -1.82. The first kappa shape index (κ1) is 14.1. The van der Waals surface area contributed by atoms with E-state index in [0.717, 1.165) is 5.56 Å². The van der Waals surface area contributed by atoms with Crippen molar-refractivity contribution in [1.82, 2.24) is 5.01 Å². The highest BCUT2D eigenvalue weighted by atomic mass is 19.3. The Balaban J connectivity index is 1.77. The fourth-order valence-electron chi connectivity index (χ4n) is 2.85. The summed E-state index contributed by atoms with van der Waals surface area (Å²) in [5, 5.41) is 14.5. The number of benzene rings is 1. The smallest absolute Gasteiger partial charge is 0.287 e. The van der Waals surface area contributed by atoms with Gasteiger partial charge in [0, 0.05) is 18.1 Å². The van der Waals surface area contributed by atoms with Gasteiger partial charge in [-0.2, -0.15) is 10.1 Å². The monoisotopic (exact) mass is 294 g/mol. The van der Waals surface area contributed by atoms with Gasteiger partial charge >= 0.3 is 0 Å². The van der Waals surface area contributed by atoms with Gasteiger partial charge in [0.15, 0.2) is 0 Å². The van der Waals surface area contributed by atoms with Crippen LogP contribution in [0, 0.1) is 5.92 Å². The van der Waals surface area contributed by atoms with Crippen LogP contribution < -0.4 is 0 Å². The van der Waals surface area contributed by atoms with Crippen molar-refractivity contribution in [3.05, 3.63) is 35.9 Å². The molecule has 1 aliphatic heterocycles. The minimum absolute atomic E-state index is 0.0247. The number of hydrazone groups is 1. The van der Waals surface area contributed by atoms with Gasteiger partial charge in [-0.05, 0) is 24.8 Å². The van der Waals surface area contributed by atoms with Gasteiger partial charge in [0.05, 0.1) is 0 Å². The van der Waals surface area contributed by atoms with E-state index in [9.17, 15) is 18.7 Å². The maximum absolute atomic E-state index is 13.1. The predicted octanol–water partition coefficient (Wildman–Crippen LogP) is 2.35. The van der Waals surface area contributed by atoms with Crippen LogP contribution in [0.4, 0.5) is 8.78 Å². The van der Waals surface area contributed by atoms with Crippen LogP contribution in [0.2, 0.25) is 0 Å². The molecule has 2 aliphatic rings. The lowest BCUT2D eigenvalue weighted by atomic mass is 10.1. The highest BCUT2D eigenvalue weighted by Crippen LogP contribution is 2.50. The maximum atomic E-state index is 13.1. The minimum Gasteiger partial charge on any atom is -0.364 e. The molecule has 1 N–H and O–H groups in total. The molecule has 1 heterocycles. The summed E-state index contributed by atoms with van der Waals surface area (Å²) in [6.07, 6.45) is -2.75. The van der Waals surface area contributed by atoms with Gasteiger partial charge < -0.3 is 5.11 Å². The summed E-state index contributed by atoms with van der Waals surface area (Å²) < 4.78 is 26.2. The summed E-state index contributed by atoms with van der Waals surface area (Å²) >= 11 is 0. The molecule has 21 heavy (non-hydrogen) atoms. The molecule has 4 nitrogen and oxygen atoms in total. The van der Waals surface area contributed by atoms with Crippen molar-refractivity contribution in [3.8, 4) is 0 Å². The number of hydrogen-bond donors (Lipinski definition) is 1. The number of aliphatic hydroxyl groups is 1. The Bertz CT molecular complexity index is 591. The number of carbonyl (C=O) groups is 1. The lowest BCUT2D eigenvalue weighted by Gasteiger charge is -2.30. The molecule has 1 saturated carbocycles. The molecule has 0 radical (unpaired) electrons. The number of amides is 1. The first-order chi connectivity index (χ1) is 9.93.